The number of anilines is 1. The number of halogens is 1. The number of carbonyl (C=O) groups excluding carboxylic acids is 1. The zero-order valence-electron chi connectivity index (χ0n) is 11.0. The maximum atomic E-state index is 11.1. The molecule has 5 nitrogen and oxygen atoms in total. The third-order valence-electron chi connectivity index (χ3n) is 3.63. The molecule has 0 radical (unpaired) electrons. The molecule has 6 heteroatoms. The molecule has 20 heavy (non-hydrogen) atoms. The summed E-state index contributed by atoms with van der Waals surface area (Å²) in [6.07, 6.45) is 1.84. The summed E-state index contributed by atoms with van der Waals surface area (Å²) in [5.74, 6) is -0.885. The minimum atomic E-state index is -0.757. The number of carboxylic acids is 1. The van der Waals surface area contributed by atoms with Crippen molar-refractivity contribution in [2.75, 3.05) is 18.0 Å². The molecule has 0 aromatic heterocycles. The van der Waals surface area contributed by atoms with Crippen LogP contribution in [0.3, 0.4) is 0 Å². The molecule has 1 aliphatic heterocycles. The van der Waals surface area contributed by atoms with Crippen molar-refractivity contribution < 1.29 is 14.7 Å². The molecular formula is C14H17ClN2O3. The van der Waals surface area contributed by atoms with Crippen LogP contribution in [0.4, 0.5) is 5.69 Å². The van der Waals surface area contributed by atoms with Crippen molar-refractivity contribution in [2.24, 2.45) is 11.7 Å². The number of hydrogen-bond acceptors (Lipinski definition) is 3. The second-order valence-corrected chi connectivity index (χ2v) is 5.47. The predicted octanol–water partition coefficient (Wildman–Crippen LogP) is 2.13. The van der Waals surface area contributed by atoms with E-state index in [9.17, 15) is 9.59 Å². The highest BCUT2D eigenvalue weighted by Gasteiger charge is 2.24. The van der Waals surface area contributed by atoms with Gasteiger partial charge in [-0.1, -0.05) is 11.6 Å². The first-order valence-corrected chi connectivity index (χ1v) is 6.91. The normalized spacial score (nSPS) is 18.2. The quantitative estimate of drug-likeness (QED) is 0.872. The van der Waals surface area contributed by atoms with E-state index in [1.54, 1.807) is 18.2 Å². The Morgan fingerprint density at radius 3 is 2.80 bits per heavy atom. The zero-order valence-corrected chi connectivity index (χ0v) is 11.8. The summed E-state index contributed by atoms with van der Waals surface area (Å²) in [5, 5.41) is 9.21. The van der Waals surface area contributed by atoms with Crippen molar-refractivity contribution in [2.45, 2.75) is 19.3 Å². The third kappa shape index (κ3) is 3.42. The molecule has 1 heterocycles. The van der Waals surface area contributed by atoms with E-state index >= 15 is 0 Å². The SMILES string of the molecule is NC(=O)c1ccc(N2CCC(CCC(=O)O)C2)c(Cl)c1. The van der Waals surface area contributed by atoms with Gasteiger partial charge in [-0.25, -0.2) is 0 Å². The molecule has 108 valence electrons. The first-order valence-electron chi connectivity index (χ1n) is 6.53. The van der Waals surface area contributed by atoms with Gasteiger partial charge in [0.05, 0.1) is 10.7 Å². The highest BCUT2D eigenvalue weighted by Crippen LogP contribution is 2.32. The fraction of sp³-hybridized carbons (Fsp3) is 0.429. The van der Waals surface area contributed by atoms with Crippen LogP contribution in [0.2, 0.25) is 5.02 Å². The van der Waals surface area contributed by atoms with Gasteiger partial charge in [0.1, 0.15) is 0 Å². The maximum Gasteiger partial charge on any atom is 0.303 e. The molecule has 1 aromatic rings. The standard InChI is InChI=1S/C14H17ClN2O3/c15-11-7-10(14(16)20)2-3-12(11)17-6-5-9(8-17)1-4-13(18)19/h2-3,7,9H,1,4-6,8H2,(H2,16,20)(H,18,19). The molecule has 0 bridgehead atoms. The zero-order chi connectivity index (χ0) is 14.7. The molecule has 0 saturated carbocycles. The Labute approximate surface area is 122 Å². The van der Waals surface area contributed by atoms with Gasteiger partial charge in [0.25, 0.3) is 0 Å². The van der Waals surface area contributed by atoms with E-state index in [0.29, 0.717) is 22.9 Å². The first kappa shape index (κ1) is 14.7. The van der Waals surface area contributed by atoms with E-state index in [-0.39, 0.29) is 6.42 Å². The van der Waals surface area contributed by atoms with Crippen LogP contribution in [0.5, 0.6) is 0 Å². The van der Waals surface area contributed by atoms with Crippen molar-refractivity contribution >= 4 is 29.2 Å². The van der Waals surface area contributed by atoms with E-state index < -0.39 is 11.9 Å². The van der Waals surface area contributed by atoms with E-state index in [1.807, 2.05) is 0 Å². The van der Waals surface area contributed by atoms with Crippen molar-refractivity contribution in [1.82, 2.24) is 0 Å². The van der Waals surface area contributed by atoms with Crippen LogP contribution in [-0.4, -0.2) is 30.1 Å². The summed E-state index contributed by atoms with van der Waals surface area (Å²) in [7, 11) is 0. The van der Waals surface area contributed by atoms with Crippen LogP contribution in [0.25, 0.3) is 0 Å². The highest BCUT2D eigenvalue weighted by molar-refractivity contribution is 6.33. The molecular weight excluding hydrogens is 280 g/mol. The lowest BCUT2D eigenvalue weighted by molar-refractivity contribution is -0.137. The summed E-state index contributed by atoms with van der Waals surface area (Å²) < 4.78 is 0. The number of benzene rings is 1. The molecule has 1 fully saturated rings. The van der Waals surface area contributed by atoms with Gasteiger partial charge < -0.3 is 15.7 Å². The average molecular weight is 297 g/mol. The maximum absolute atomic E-state index is 11.1. The number of nitrogens with two attached hydrogens (primary N) is 1. The Morgan fingerprint density at radius 2 is 2.20 bits per heavy atom. The first-order chi connectivity index (χ1) is 9.47. The van der Waals surface area contributed by atoms with Crippen LogP contribution < -0.4 is 10.6 Å². The number of rotatable bonds is 5. The smallest absolute Gasteiger partial charge is 0.303 e. The summed E-state index contributed by atoms with van der Waals surface area (Å²) >= 11 is 6.19. The lowest BCUT2D eigenvalue weighted by Crippen LogP contribution is -2.20. The lowest BCUT2D eigenvalue weighted by Gasteiger charge is -2.20. The van der Waals surface area contributed by atoms with Crippen molar-refractivity contribution in [3.05, 3.63) is 28.8 Å². The number of primary amides is 1. The van der Waals surface area contributed by atoms with Crippen LogP contribution >= 0.6 is 11.6 Å². The summed E-state index contributed by atoms with van der Waals surface area (Å²) in [4.78, 5) is 23.8. The number of hydrogen-bond donors (Lipinski definition) is 2. The van der Waals surface area contributed by atoms with Gasteiger partial charge in [-0.2, -0.15) is 0 Å². The van der Waals surface area contributed by atoms with E-state index in [1.165, 1.54) is 0 Å². The Hall–Kier alpha value is -1.75. The van der Waals surface area contributed by atoms with Gasteiger partial charge in [-0.05, 0) is 37.0 Å². The molecule has 1 unspecified atom stereocenters. The molecule has 1 atom stereocenters. The predicted molar refractivity (Wildman–Crippen MR) is 77.2 cm³/mol. The average Bonchev–Trinajstić information content (AvgIpc) is 2.84. The third-order valence-corrected chi connectivity index (χ3v) is 3.93. The molecule has 1 aromatic carbocycles. The number of nitrogens with zero attached hydrogens (tertiary/aromatic N) is 1. The Morgan fingerprint density at radius 1 is 1.45 bits per heavy atom. The van der Waals surface area contributed by atoms with E-state index in [2.05, 4.69) is 4.90 Å². The summed E-state index contributed by atoms with van der Waals surface area (Å²) in [5.41, 5.74) is 6.47. The molecule has 0 spiro atoms. The van der Waals surface area contributed by atoms with Crippen molar-refractivity contribution in [3.8, 4) is 0 Å². The van der Waals surface area contributed by atoms with Gasteiger partial charge in [-0.3, -0.25) is 9.59 Å². The number of carboxylic acid groups (broad SMARTS) is 1. The number of aliphatic carboxylic acids is 1. The van der Waals surface area contributed by atoms with Crippen LogP contribution in [0, 0.1) is 5.92 Å². The van der Waals surface area contributed by atoms with Crippen LogP contribution in [-0.2, 0) is 4.79 Å². The molecule has 1 amide bonds. The molecule has 1 aliphatic rings. The van der Waals surface area contributed by atoms with Crippen LogP contribution in [0.15, 0.2) is 18.2 Å². The van der Waals surface area contributed by atoms with Gasteiger partial charge in [0.2, 0.25) is 5.91 Å². The molecule has 1 saturated heterocycles. The van der Waals surface area contributed by atoms with E-state index in [0.717, 1.165) is 25.2 Å². The Kier molecular flexibility index (Phi) is 4.49. The molecule has 0 aliphatic carbocycles. The second-order valence-electron chi connectivity index (χ2n) is 5.06. The topological polar surface area (TPSA) is 83.6 Å². The number of amides is 1. The minimum absolute atomic E-state index is 0.201. The summed E-state index contributed by atoms with van der Waals surface area (Å²) in [6, 6.07) is 5.03. The van der Waals surface area contributed by atoms with Gasteiger partial charge in [-0.15, -0.1) is 0 Å². The largest absolute Gasteiger partial charge is 0.481 e. The van der Waals surface area contributed by atoms with Crippen LogP contribution in [0.1, 0.15) is 29.6 Å². The van der Waals surface area contributed by atoms with Crippen molar-refractivity contribution in [1.29, 1.82) is 0 Å². The molecule has 2 rings (SSSR count). The fourth-order valence-corrected chi connectivity index (χ4v) is 2.83. The minimum Gasteiger partial charge on any atom is -0.481 e. The second kappa shape index (κ2) is 6.13. The Bertz CT molecular complexity index is 533. The van der Waals surface area contributed by atoms with Crippen molar-refractivity contribution in [3.63, 3.8) is 0 Å². The van der Waals surface area contributed by atoms with E-state index in [4.69, 9.17) is 22.4 Å². The molecule has 3 N–H and O–H groups in total. The fourth-order valence-electron chi connectivity index (χ4n) is 2.53. The highest BCUT2D eigenvalue weighted by atomic mass is 35.5. The Balaban J connectivity index is 2.03. The van der Waals surface area contributed by atoms with Gasteiger partial charge >= 0.3 is 5.97 Å². The van der Waals surface area contributed by atoms with Gasteiger partial charge in [0, 0.05) is 25.1 Å². The number of carbonyl (C=O) groups is 2. The lowest BCUT2D eigenvalue weighted by atomic mass is 10.0. The van der Waals surface area contributed by atoms with Gasteiger partial charge in [0.15, 0.2) is 0 Å². The monoisotopic (exact) mass is 296 g/mol. The summed E-state index contributed by atoms with van der Waals surface area (Å²) in [6.45, 7) is 1.64.